The molecule has 1 fully saturated rings. The van der Waals surface area contributed by atoms with E-state index in [2.05, 4.69) is 0 Å². The van der Waals surface area contributed by atoms with Gasteiger partial charge in [0.1, 0.15) is 11.9 Å². The van der Waals surface area contributed by atoms with Crippen molar-refractivity contribution < 1.29 is 24.2 Å². The molecule has 1 spiro atoms. The summed E-state index contributed by atoms with van der Waals surface area (Å²) in [6.45, 7) is 3.87. The summed E-state index contributed by atoms with van der Waals surface area (Å²) in [6.07, 6.45) is 1.07. The molecule has 1 saturated heterocycles. The van der Waals surface area contributed by atoms with Crippen LogP contribution >= 0.6 is 11.8 Å². The van der Waals surface area contributed by atoms with Crippen molar-refractivity contribution in [3.63, 3.8) is 0 Å². The van der Waals surface area contributed by atoms with Crippen molar-refractivity contribution in [1.82, 2.24) is 0 Å². The van der Waals surface area contributed by atoms with Gasteiger partial charge in [-0.05, 0) is 12.2 Å². The predicted octanol–water partition coefficient (Wildman–Crippen LogP) is 2.59. The third kappa shape index (κ3) is 3.21. The summed E-state index contributed by atoms with van der Waals surface area (Å²) in [5.41, 5.74) is -1.08. The van der Waals surface area contributed by atoms with E-state index in [4.69, 9.17) is 4.74 Å². The van der Waals surface area contributed by atoms with Crippen LogP contribution in [0.5, 0.6) is 0 Å². The number of aliphatic hydroxyl groups excluding tert-OH is 1. The average Bonchev–Trinajstić information content (AvgIpc) is 2.72. The average molecular weight is 326 g/mol. The van der Waals surface area contributed by atoms with Gasteiger partial charge in [0.15, 0.2) is 11.6 Å². The fraction of sp³-hybridized carbons (Fsp3) is 0.688. The van der Waals surface area contributed by atoms with E-state index in [-0.39, 0.29) is 42.5 Å². The highest BCUT2D eigenvalue weighted by Gasteiger charge is 2.54. The monoisotopic (exact) mass is 326 g/mol. The lowest BCUT2D eigenvalue weighted by Gasteiger charge is -2.29. The maximum atomic E-state index is 12.3. The summed E-state index contributed by atoms with van der Waals surface area (Å²) in [7, 11) is 0. The Morgan fingerprint density at radius 2 is 2.09 bits per heavy atom. The van der Waals surface area contributed by atoms with Crippen LogP contribution in [0.25, 0.3) is 0 Å². The number of cyclic esters (lactones) is 1. The highest BCUT2D eigenvalue weighted by atomic mass is 32.2. The second kappa shape index (κ2) is 6.86. The first-order valence-electron chi connectivity index (χ1n) is 7.71. The van der Waals surface area contributed by atoms with Gasteiger partial charge in [0.25, 0.3) is 0 Å². The van der Waals surface area contributed by atoms with Gasteiger partial charge in [-0.15, -0.1) is 0 Å². The van der Waals surface area contributed by atoms with Crippen LogP contribution in [0.15, 0.2) is 11.3 Å². The van der Waals surface area contributed by atoms with Crippen LogP contribution in [0.4, 0.5) is 0 Å². The molecule has 2 atom stereocenters. The van der Waals surface area contributed by atoms with Crippen LogP contribution in [0.2, 0.25) is 0 Å². The minimum atomic E-state index is -0.976. The zero-order chi connectivity index (χ0) is 16.3. The van der Waals surface area contributed by atoms with E-state index in [9.17, 15) is 19.5 Å². The molecule has 6 heteroatoms. The second-order valence-corrected chi connectivity index (χ2v) is 7.26. The Hall–Kier alpha value is -1.30. The van der Waals surface area contributed by atoms with Gasteiger partial charge >= 0.3 is 5.97 Å². The highest BCUT2D eigenvalue weighted by Crippen LogP contribution is 2.47. The van der Waals surface area contributed by atoms with Gasteiger partial charge in [0.05, 0.1) is 11.0 Å². The lowest BCUT2D eigenvalue weighted by molar-refractivity contribution is -0.151. The molecule has 0 saturated carbocycles. The van der Waals surface area contributed by atoms with E-state index in [1.165, 1.54) is 0 Å². The first-order valence-corrected chi connectivity index (χ1v) is 8.86. The van der Waals surface area contributed by atoms with E-state index in [1.807, 2.05) is 13.8 Å². The molecule has 1 N–H and O–H groups in total. The maximum Gasteiger partial charge on any atom is 0.313 e. The maximum absolute atomic E-state index is 12.3. The Balaban J connectivity index is 2.18. The number of aliphatic hydroxyl groups is 1. The zero-order valence-electron chi connectivity index (χ0n) is 13.0. The summed E-state index contributed by atoms with van der Waals surface area (Å²) in [5.74, 6) is 0.212. The van der Waals surface area contributed by atoms with Crippen molar-refractivity contribution in [2.24, 2.45) is 5.41 Å². The SMILES string of the molecule is CCCC(=O)C1=C(O)CC2(CC1=O)CC(CSCC)OC2=O. The van der Waals surface area contributed by atoms with Crippen molar-refractivity contribution in [3.8, 4) is 0 Å². The normalized spacial score (nSPS) is 28.4. The molecule has 22 heavy (non-hydrogen) atoms. The molecule has 122 valence electrons. The van der Waals surface area contributed by atoms with Crippen molar-refractivity contribution >= 4 is 29.3 Å². The van der Waals surface area contributed by atoms with E-state index in [1.54, 1.807) is 11.8 Å². The number of ether oxygens (including phenoxy) is 1. The second-order valence-electron chi connectivity index (χ2n) is 5.94. The quantitative estimate of drug-likeness (QED) is 0.597. The van der Waals surface area contributed by atoms with Gasteiger partial charge in [0, 0.05) is 31.4 Å². The fourth-order valence-electron chi connectivity index (χ4n) is 3.16. The molecule has 2 unspecified atom stereocenters. The molecular formula is C16H22O5S. The number of hydrogen-bond acceptors (Lipinski definition) is 6. The van der Waals surface area contributed by atoms with Gasteiger partial charge in [-0.25, -0.2) is 0 Å². The van der Waals surface area contributed by atoms with Gasteiger partial charge in [-0.2, -0.15) is 11.8 Å². The Morgan fingerprint density at radius 3 is 2.68 bits per heavy atom. The lowest BCUT2D eigenvalue weighted by Crippen LogP contribution is -2.36. The number of Topliss-reactive ketones (excluding diaryl/α,β-unsaturated/α-hetero) is 2. The van der Waals surface area contributed by atoms with E-state index < -0.39 is 17.2 Å². The van der Waals surface area contributed by atoms with Gasteiger partial charge in [-0.3, -0.25) is 14.4 Å². The molecule has 2 aliphatic rings. The van der Waals surface area contributed by atoms with Crippen LogP contribution < -0.4 is 0 Å². The predicted molar refractivity (Wildman–Crippen MR) is 83.7 cm³/mol. The summed E-state index contributed by atoms with van der Waals surface area (Å²) in [4.78, 5) is 36.5. The number of hydrogen-bond donors (Lipinski definition) is 1. The Morgan fingerprint density at radius 1 is 1.36 bits per heavy atom. The molecule has 1 aliphatic heterocycles. The number of rotatable bonds is 6. The van der Waals surface area contributed by atoms with Crippen molar-refractivity contribution in [2.45, 2.75) is 52.1 Å². The van der Waals surface area contributed by atoms with Crippen LogP contribution in [-0.2, 0) is 19.1 Å². The number of carbonyl (C=O) groups excluding carboxylic acids is 3. The van der Waals surface area contributed by atoms with E-state index >= 15 is 0 Å². The summed E-state index contributed by atoms with van der Waals surface area (Å²) >= 11 is 1.68. The topological polar surface area (TPSA) is 80.7 Å². The van der Waals surface area contributed by atoms with Crippen LogP contribution in [0.1, 0.15) is 46.0 Å². The smallest absolute Gasteiger partial charge is 0.313 e. The third-order valence-corrected chi connectivity index (χ3v) is 5.18. The molecule has 2 rings (SSSR count). The Labute approximate surface area is 134 Å². The molecular weight excluding hydrogens is 304 g/mol. The Bertz CT molecular complexity index is 525. The molecule has 0 aromatic carbocycles. The Kier molecular flexibility index (Phi) is 5.32. The first-order chi connectivity index (χ1) is 10.4. The van der Waals surface area contributed by atoms with E-state index in [0.717, 1.165) is 5.75 Å². The summed E-state index contributed by atoms with van der Waals surface area (Å²) in [6, 6.07) is 0. The van der Waals surface area contributed by atoms with Crippen LogP contribution in [0, 0.1) is 5.41 Å². The van der Waals surface area contributed by atoms with Crippen molar-refractivity contribution in [1.29, 1.82) is 0 Å². The van der Waals surface area contributed by atoms with Crippen molar-refractivity contribution in [2.75, 3.05) is 11.5 Å². The van der Waals surface area contributed by atoms with Crippen LogP contribution in [-0.4, -0.2) is 40.3 Å². The number of esters is 1. The van der Waals surface area contributed by atoms with Gasteiger partial charge in [0.2, 0.25) is 0 Å². The molecule has 0 aromatic heterocycles. The van der Waals surface area contributed by atoms with Gasteiger partial charge < -0.3 is 9.84 Å². The lowest BCUT2D eigenvalue weighted by atomic mass is 9.71. The molecule has 1 aliphatic carbocycles. The molecule has 0 bridgehead atoms. The van der Waals surface area contributed by atoms with Crippen molar-refractivity contribution in [3.05, 3.63) is 11.3 Å². The van der Waals surface area contributed by atoms with E-state index in [0.29, 0.717) is 18.6 Å². The minimum absolute atomic E-state index is 0.0338. The third-order valence-electron chi connectivity index (χ3n) is 4.16. The van der Waals surface area contributed by atoms with Gasteiger partial charge in [-0.1, -0.05) is 13.8 Å². The fourth-order valence-corrected chi connectivity index (χ4v) is 3.85. The molecule has 0 radical (unpaired) electrons. The minimum Gasteiger partial charge on any atom is -0.511 e. The molecule has 0 aromatic rings. The number of carbonyl (C=O) groups is 3. The molecule has 5 nitrogen and oxygen atoms in total. The summed E-state index contributed by atoms with van der Waals surface area (Å²) < 4.78 is 5.37. The number of ketones is 2. The highest BCUT2D eigenvalue weighted by molar-refractivity contribution is 7.99. The van der Waals surface area contributed by atoms with Crippen LogP contribution in [0.3, 0.4) is 0 Å². The largest absolute Gasteiger partial charge is 0.511 e. The zero-order valence-corrected chi connectivity index (χ0v) is 13.8. The molecule has 0 amide bonds. The molecule has 1 heterocycles. The standard InChI is InChI=1S/C16H22O5S/c1-3-5-11(17)14-12(18)7-16(8-13(14)19)6-10(9-22-4-2)21-15(16)20/h10,18H,3-9H2,1-2H3. The number of thioether (sulfide) groups is 1. The number of allylic oxidation sites excluding steroid dienone is 2. The summed E-state index contributed by atoms with van der Waals surface area (Å²) in [5, 5.41) is 10.2. The first kappa shape index (κ1) is 17.1.